The first-order valence-corrected chi connectivity index (χ1v) is 9.17. The second-order valence-electron chi connectivity index (χ2n) is 5.99. The van der Waals surface area contributed by atoms with Gasteiger partial charge in [0.25, 0.3) is 0 Å². The predicted octanol–water partition coefficient (Wildman–Crippen LogP) is 5.09. The Labute approximate surface area is 161 Å². The number of para-hydroxylation sites is 1. The minimum atomic E-state index is 0.00592. The maximum atomic E-state index is 6.19. The van der Waals surface area contributed by atoms with Gasteiger partial charge in [-0.1, -0.05) is 23.7 Å². The van der Waals surface area contributed by atoms with Crippen molar-refractivity contribution in [3.8, 4) is 11.4 Å². The first-order valence-electron chi connectivity index (χ1n) is 8.41. The van der Waals surface area contributed by atoms with E-state index in [4.69, 9.17) is 27.9 Å². The number of rotatable bonds is 4. The van der Waals surface area contributed by atoms with Crippen LogP contribution in [0.4, 0.5) is 11.5 Å². The third-order valence-electron chi connectivity index (χ3n) is 4.27. The highest BCUT2D eigenvalue weighted by atomic mass is 35.5. The zero-order chi connectivity index (χ0) is 17.9. The van der Waals surface area contributed by atoms with Gasteiger partial charge >= 0.3 is 0 Å². The van der Waals surface area contributed by atoms with Crippen LogP contribution in [0.3, 0.4) is 0 Å². The van der Waals surface area contributed by atoms with E-state index in [1.54, 1.807) is 6.20 Å². The molecule has 1 fully saturated rings. The summed E-state index contributed by atoms with van der Waals surface area (Å²) in [6, 6.07) is 7.85. The van der Waals surface area contributed by atoms with Crippen molar-refractivity contribution in [1.82, 2.24) is 19.5 Å². The lowest BCUT2D eigenvalue weighted by Crippen LogP contribution is -2.18. The summed E-state index contributed by atoms with van der Waals surface area (Å²) in [6.07, 6.45) is 8.45. The van der Waals surface area contributed by atoms with E-state index in [-0.39, 0.29) is 11.5 Å². The molecule has 0 radical (unpaired) electrons. The smallest absolute Gasteiger partial charge is 0.224 e. The van der Waals surface area contributed by atoms with Crippen LogP contribution in [0.25, 0.3) is 11.4 Å². The zero-order valence-electron chi connectivity index (χ0n) is 13.9. The van der Waals surface area contributed by atoms with E-state index >= 15 is 0 Å². The van der Waals surface area contributed by atoms with Gasteiger partial charge in [-0.3, -0.25) is 0 Å². The number of benzene rings is 1. The average Bonchev–Trinajstić information content (AvgIpc) is 3.15. The third kappa shape index (κ3) is 3.53. The first kappa shape index (κ1) is 17.3. The lowest BCUT2D eigenvalue weighted by atomic mass is 10.1. The summed E-state index contributed by atoms with van der Waals surface area (Å²) in [6.45, 7) is 0.775. The summed E-state index contributed by atoms with van der Waals surface area (Å²) in [5.41, 5.74) is 1.75. The van der Waals surface area contributed by atoms with E-state index in [1.807, 2.05) is 30.5 Å². The minimum Gasteiger partial charge on any atom is -0.358 e. The summed E-state index contributed by atoms with van der Waals surface area (Å²) in [4.78, 5) is 12.6. The Morgan fingerprint density at radius 3 is 2.88 bits per heavy atom. The molecule has 1 aliphatic rings. The van der Waals surface area contributed by atoms with Gasteiger partial charge in [-0.05, 0) is 43.0 Å². The fourth-order valence-corrected chi connectivity index (χ4v) is 3.32. The topological polar surface area (TPSA) is 64.9 Å². The molecule has 2 aromatic heterocycles. The average molecular weight is 390 g/mol. The van der Waals surface area contributed by atoms with Crippen molar-refractivity contribution in [2.75, 3.05) is 11.9 Å². The molecule has 0 aliphatic carbocycles. The summed E-state index contributed by atoms with van der Waals surface area (Å²) in [5, 5.41) is 3.76. The monoisotopic (exact) mass is 389 g/mol. The Kier molecular flexibility index (Phi) is 5.06. The van der Waals surface area contributed by atoms with Gasteiger partial charge in [-0.15, -0.1) is 0 Å². The molecule has 26 heavy (non-hydrogen) atoms. The quantitative estimate of drug-likeness (QED) is 0.629. The third-order valence-corrected chi connectivity index (χ3v) is 4.73. The summed E-state index contributed by atoms with van der Waals surface area (Å²) >= 11 is 12.1. The summed E-state index contributed by atoms with van der Waals surface area (Å²) in [5.74, 6) is 1.28. The van der Waals surface area contributed by atoms with Crippen LogP contribution in [0.1, 0.15) is 25.5 Å². The molecule has 0 saturated carbocycles. The second-order valence-corrected chi connectivity index (χ2v) is 6.73. The summed E-state index contributed by atoms with van der Waals surface area (Å²) in [7, 11) is 0. The molecule has 134 valence electrons. The van der Waals surface area contributed by atoms with Crippen molar-refractivity contribution >= 4 is 34.7 Å². The van der Waals surface area contributed by atoms with Crippen molar-refractivity contribution in [2.45, 2.75) is 25.5 Å². The molecule has 1 aliphatic heterocycles. The molecule has 1 aromatic carbocycles. The predicted molar refractivity (Wildman–Crippen MR) is 102 cm³/mol. The molecule has 3 heterocycles. The molecule has 3 aromatic rings. The van der Waals surface area contributed by atoms with Crippen LogP contribution in [0.5, 0.6) is 0 Å². The molecule has 4 rings (SSSR count). The lowest BCUT2D eigenvalue weighted by Gasteiger charge is -2.25. The Bertz CT molecular complexity index is 908. The molecule has 0 amide bonds. The molecule has 0 spiro atoms. The maximum Gasteiger partial charge on any atom is 0.224 e. The number of aromatic nitrogens is 4. The number of anilines is 2. The van der Waals surface area contributed by atoms with E-state index in [0.717, 1.165) is 42.9 Å². The van der Waals surface area contributed by atoms with Crippen molar-refractivity contribution in [3.63, 3.8) is 0 Å². The van der Waals surface area contributed by atoms with Crippen molar-refractivity contribution in [2.24, 2.45) is 0 Å². The van der Waals surface area contributed by atoms with Gasteiger partial charge in [0.2, 0.25) is 5.28 Å². The number of ether oxygens (including phenoxy) is 1. The fourth-order valence-electron chi connectivity index (χ4n) is 3.05. The van der Waals surface area contributed by atoms with Gasteiger partial charge in [0.1, 0.15) is 17.1 Å². The Morgan fingerprint density at radius 2 is 2.04 bits per heavy atom. The van der Waals surface area contributed by atoms with Gasteiger partial charge in [-0.25, -0.2) is 9.97 Å². The van der Waals surface area contributed by atoms with E-state index in [2.05, 4.69) is 24.8 Å². The minimum absolute atomic E-state index is 0.00592. The van der Waals surface area contributed by atoms with Gasteiger partial charge in [0, 0.05) is 24.6 Å². The highest BCUT2D eigenvalue weighted by Crippen LogP contribution is 2.34. The second kappa shape index (κ2) is 7.61. The number of hydrogen-bond acceptors (Lipinski definition) is 5. The van der Waals surface area contributed by atoms with Gasteiger partial charge in [-0.2, -0.15) is 4.98 Å². The van der Waals surface area contributed by atoms with Gasteiger partial charge < -0.3 is 14.6 Å². The number of halogens is 2. The zero-order valence-corrected chi connectivity index (χ0v) is 15.4. The van der Waals surface area contributed by atoms with E-state index in [1.165, 1.54) is 6.20 Å². The van der Waals surface area contributed by atoms with Crippen molar-refractivity contribution in [1.29, 1.82) is 0 Å². The molecule has 8 heteroatoms. The van der Waals surface area contributed by atoms with Crippen LogP contribution < -0.4 is 5.32 Å². The molecular weight excluding hydrogens is 373 g/mol. The number of hydrogen-bond donors (Lipinski definition) is 1. The number of imidazole rings is 1. The van der Waals surface area contributed by atoms with E-state index < -0.39 is 0 Å². The van der Waals surface area contributed by atoms with E-state index in [0.29, 0.717) is 10.8 Å². The normalized spacial score (nSPS) is 17.2. The fraction of sp³-hybridized carbons (Fsp3) is 0.278. The van der Waals surface area contributed by atoms with Crippen LogP contribution in [-0.4, -0.2) is 26.1 Å². The highest BCUT2D eigenvalue weighted by Gasteiger charge is 2.20. The molecule has 1 saturated heterocycles. The van der Waals surface area contributed by atoms with Crippen LogP contribution in [0.15, 0.2) is 42.9 Å². The Hall–Kier alpha value is -2.15. The van der Waals surface area contributed by atoms with E-state index in [9.17, 15) is 0 Å². The van der Waals surface area contributed by atoms with Crippen LogP contribution in [0, 0.1) is 0 Å². The van der Waals surface area contributed by atoms with Crippen LogP contribution >= 0.6 is 23.2 Å². The van der Waals surface area contributed by atoms with Crippen LogP contribution in [-0.2, 0) is 4.74 Å². The molecule has 1 atom stereocenters. The van der Waals surface area contributed by atoms with Crippen molar-refractivity contribution in [3.05, 3.63) is 53.2 Å². The van der Waals surface area contributed by atoms with Gasteiger partial charge in [0.15, 0.2) is 5.82 Å². The molecule has 1 unspecified atom stereocenters. The largest absolute Gasteiger partial charge is 0.358 e. The molecular formula is C18H17Cl2N5O. The highest BCUT2D eigenvalue weighted by molar-refractivity contribution is 6.33. The summed E-state index contributed by atoms with van der Waals surface area (Å²) < 4.78 is 8.00. The van der Waals surface area contributed by atoms with Gasteiger partial charge in [0.05, 0.1) is 11.9 Å². The Morgan fingerprint density at radius 1 is 1.15 bits per heavy atom. The first-order chi connectivity index (χ1) is 12.7. The molecule has 0 bridgehead atoms. The Balaban J connectivity index is 1.71. The maximum absolute atomic E-state index is 6.19. The van der Waals surface area contributed by atoms with Crippen LogP contribution in [0.2, 0.25) is 10.3 Å². The lowest BCUT2D eigenvalue weighted by molar-refractivity contribution is -0.0309. The molecule has 1 N–H and O–H groups in total. The SMILES string of the molecule is Clc1ncc(Cl)c(Nc2ccccc2-c2nccn2C2CCCCO2)n1. The van der Waals surface area contributed by atoms with Crippen molar-refractivity contribution < 1.29 is 4.74 Å². The standard InChI is InChI=1S/C18H17Cl2N5O/c19-13-11-22-18(20)24-16(13)23-14-6-2-1-5-12(14)17-21-8-9-25(17)15-7-3-4-10-26-15/h1-2,5-6,8-9,11,15H,3-4,7,10H2,(H,22,23,24). The number of nitrogens with zero attached hydrogens (tertiary/aromatic N) is 4. The number of nitrogens with one attached hydrogen (secondary N) is 1. The molecule has 6 nitrogen and oxygen atoms in total.